The minimum Gasteiger partial charge on any atom is -0.457 e. The van der Waals surface area contributed by atoms with E-state index in [9.17, 15) is 4.79 Å². The number of nitrogens with zero attached hydrogens (tertiary/aromatic N) is 5. The predicted octanol–water partition coefficient (Wildman–Crippen LogP) is 6.29. The molecule has 0 aliphatic heterocycles. The summed E-state index contributed by atoms with van der Waals surface area (Å²) in [6.07, 6.45) is 1.70. The van der Waals surface area contributed by atoms with Gasteiger partial charge in [-0.1, -0.05) is 36.4 Å². The van der Waals surface area contributed by atoms with Crippen molar-refractivity contribution in [3.63, 3.8) is 0 Å². The van der Waals surface area contributed by atoms with Crippen molar-refractivity contribution in [3.8, 4) is 34.3 Å². The molecule has 0 atom stereocenters. The lowest BCUT2D eigenvalue weighted by molar-refractivity contribution is 0.262. The molecule has 3 aromatic heterocycles. The Morgan fingerprint density at radius 3 is 2.29 bits per heavy atom. The normalized spacial score (nSPS) is 10.7. The van der Waals surface area contributed by atoms with Gasteiger partial charge in [0.05, 0.1) is 5.69 Å². The molecule has 6 aromatic rings. The van der Waals surface area contributed by atoms with Crippen LogP contribution in [-0.4, -0.2) is 30.8 Å². The summed E-state index contributed by atoms with van der Waals surface area (Å²) in [4.78, 5) is 17.0. The van der Waals surface area contributed by atoms with Crippen LogP contribution >= 0.6 is 0 Å². The molecule has 0 spiro atoms. The number of benzene rings is 3. The Balaban J connectivity index is 1.15. The van der Waals surface area contributed by atoms with E-state index in [1.54, 1.807) is 35.0 Å². The van der Waals surface area contributed by atoms with Gasteiger partial charge in [-0.15, -0.1) is 10.2 Å². The van der Waals surface area contributed by atoms with Crippen LogP contribution in [-0.2, 0) is 0 Å². The second-order valence-corrected chi connectivity index (χ2v) is 8.33. The second kappa shape index (κ2) is 10.2. The summed E-state index contributed by atoms with van der Waals surface area (Å²) in [5.41, 5.74) is 4.08. The summed E-state index contributed by atoms with van der Waals surface area (Å²) < 4.78 is 7.46. The number of aromatic nitrogens is 5. The van der Waals surface area contributed by atoms with Crippen LogP contribution in [0.5, 0.6) is 11.5 Å². The quantitative estimate of drug-likeness (QED) is 0.279. The van der Waals surface area contributed by atoms with Crippen molar-refractivity contribution >= 4 is 23.1 Å². The number of carbonyl (C=O) groups is 1. The molecule has 0 saturated heterocycles. The lowest BCUT2D eigenvalue weighted by atomic mass is 10.1. The third kappa shape index (κ3) is 5.02. The first-order valence-corrected chi connectivity index (χ1v) is 11.9. The molecule has 184 valence electrons. The molecule has 9 heteroatoms. The Hall–Kier alpha value is -5.57. The standard InChI is InChI=1S/C29H21N7O2/c37-29(31-21-12-14-24(15-13-21)38-23-9-2-1-3-10-23)32-22-8-6-7-20(19-22)25-16-17-27-33-34-28(36(27)35-25)26-11-4-5-18-30-26/h1-19H,(H2,31,32,37). The lowest BCUT2D eigenvalue weighted by Crippen LogP contribution is -2.19. The van der Waals surface area contributed by atoms with Gasteiger partial charge in [-0.25, -0.2) is 4.79 Å². The average molecular weight is 500 g/mol. The molecule has 0 bridgehead atoms. The van der Waals surface area contributed by atoms with Gasteiger partial charge in [0.1, 0.15) is 17.2 Å². The number of rotatable bonds is 6. The highest BCUT2D eigenvalue weighted by Crippen LogP contribution is 2.24. The molecule has 0 saturated carbocycles. The number of amides is 2. The Morgan fingerprint density at radius 1 is 0.684 bits per heavy atom. The van der Waals surface area contributed by atoms with Crippen molar-refractivity contribution in [3.05, 3.63) is 115 Å². The van der Waals surface area contributed by atoms with Crippen molar-refractivity contribution in [1.82, 2.24) is 24.8 Å². The van der Waals surface area contributed by atoms with Crippen molar-refractivity contribution in [2.24, 2.45) is 0 Å². The van der Waals surface area contributed by atoms with E-state index in [0.29, 0.717) is 40.0 Å². The molecular formula is C29H21N7O2. The van der Waals surface area contributed by atoms with Crippen LogP contribution in [0.4, 0.5) is 16.2 Å². The van der Waals surface area contributed by atoms with E-state index in [1.807, 2.05) is 84.9 Å². The highest BCUT2D eigenvalue weighted by molar-refractivity contribution is 6.00. The minimum atomic E-state index is -0.362. The van der Waals surface area contributed by atoms with Gasteiger partial charge in [-0.2, -0.15) is 9.61 Å². The number of pyridine rings is 1. The number of hydrogen-bond donors (Lipinski definition) is 2. The fourth-order valence-electron chi connectivity index (χ4n) is 3.88. The van der Waals surface area contributed by atoms with Crippen LogP contribution in [0.15, 0.2) is 115 Å². The van der Waals surface area contributed by atoms with Crippen LogP contribution in [0.1, 0.15) is 0 Å². The molecule has 0 radical (unpaired) electrons. The predicted molar refractivity (Wildman–Crippen MR) is 145 cm³/mol. The van der Waals surface area contributed by atoms with E-state index in [1.165, 1.54) is 0 Å². The topological polar surface area (TPSA) is 106 Å². The largest absolute Gasteiger partial charge is 0.457 e. The fraction of sp³-hybridized carbons (Fsp3) is 0. The van der Waals surface area contributed by atoms with E-state index in [4.69, 9.17) is 9.84 Å². The monoisotopic (exact) mass is 499 g/mol. The molecule has 2 N–H and O–H groups in total. The van der Waals surface area contributed by atoms with E-state index >= 15 is 0 Å². The van der Waals surface area contributed by atoms with Crippen molar-refractivity contribution in [2.75, 3.05) is 10.6 Å². The van der Waals surface area contributed by atoms with Crippen LogP contribution < -0.4 is 15.4 Å². The molecule has 38 heavy (non-hydrogen) atoms. The number of ether oxygens (including phenoxy) is 1. The molecule has 9 nitrogen and oxygen atoms in total. The number of urea groups is 1. The zero-order valence-electron chi connectivity index (χ0n) is 20.0. The van der Waals surface area contributed by atoms with E-state index < -0.39 is 0 Å². The number of anilines is 2. The number of carbonyl (C=O) groups excluding carboxylic acids is 1. The van der Waals surface area contributed by atoms with E-state index in [0.717, 1.165) is 11.3 Å². The van der Waals surface area contributed by atoms with Crippen molar-refractivity contribution in [1.29, 1.82) is 0 Å². The third-order valence-corrected chi connectivity index (χ3v) is 5.66. The van der Waals surface area contributed by atoms with Gasteiger partial charge in [0, 0.05) is 23.1 Å². The molecule has 0 aliphatic rings. The van der Waals surface area contributed by atoms with Gasteiger partial charge in [-0.05, 0) is 72.8 Å². The molecule has 0 unspecified atom stereocenters. The highest BCUT2D eigenvalue weighted by atomic mass is 16.5. The third-order valence-electron chi connectivity index (χ3n) is 5.66. The molecule has 2 amide bonds. The summed E-state index contributed by atoms with van der Waals surface area (Å²) in [6, 6.07) is 33.1. The molecule has 3 heterocycles. The van der Waals surface area contributed by atoms with Gasteiger partial charge in [-0.3, -0.25) is 4.98 Å². The summed E-state index contributed by atoms with van der Waals surface area (Å²) in [5, 5.41) is 18.9. The summed E-state index contributed by atoms with van der Waals surface area (Å²) in [6.45, 7) is 0. The number of para-hydroxylation sites is 1. The minimum absolute atomic E-state index is 0.362. The van der Waals surface area contributed by atoms with Crippen LogP contribution in [0.3, 0.4) is 0 Å². The van der Waals surface area contributed by atoms with Gasteiger partial charge < -0.3 is 15.4 Å². The second-order valence-electron chi connectivity index (χ2n) is 8.33. The maximum absolute atomic E-state index is 12.7. The van der Waals surface area contributed by atoms with Gasteiger partial charge in [0.25, 0.3) is 0 Å². The molecule has 3 aromatic carbocycles. The van der Waals surface area contributed by atoms with E-state index in [2.05, 4.69) is 25.8 Å². The Labute approximate surface area is 217 Å². The summed E-state index contributed by atoms with van der Waals surface area (Å²) >= 11 is 0. The van der Waals surface area contributed by atoms with Crippen molar-refractivity contribution < 1.29 is 9.53 Å². The van der Waals surface area contributed by atoms with Gasteiger partial charge >= 0.3 is 6.03 Å². The summed E-state index contributed by atoms with van der Waals surface area (Å²) in [7, 11) is 0. The number of hydrogen-bond acceptors (Lipinski definition) is 6. The van der Waals surface area contributed by atoms with Gasteiger partial charge in [0.15, 0.2) is 5.65 Å². The zero-order chi connectivity index (χ0) is 25.7. The molecular weight excluding hydrogens is 478 g/mol. The molecule has 0 fully saturated rings. The van der Waals surface area contributed by atoms with Crippen LogP contribution in [0.2, 0.25) is 0 Å². The van der Waals surface area contributed by atoms with E-state index in [-0.39, 0.29) is 6.03 Å². The average Bonchev–Trinajstić information content (AvgIpc) is 3.39. The summed E-state index contributed by atoms with van der Waals surface area (Å²) in [5.74, 6) is 1.98. The zero-order valence-corrected chi connectivity index (χ0v) is 20.0. The van der Waals surface area contributed by atoms with Crippen LogP contribution in [0.25, 0.3) is 28.4 Å². The van der Waals surface area contributed by atoms with Crippen molar-refractivity contribution in [2.45, 2.75) is 0 Å². The molecule has 0 aliphatic carbocycles. The van der Waals surface area contributed by atoms with Gasteiger partial charge in [0.2, 0.25) is 5.82 Å². The first kappa shape index (κ1) is 22.9. The fourth-order valence-corrected chi connectivity index (χ4v) is 3.88. The number of fused-ring (bicyclic) bond motifs is 1. The molecule has 6 rings (SSSR count). The first-order chi connectivity index (χ1) is 18.7. The maximum atomic E-state index is 12.7. The first-order valence-electron chi connectivity index (χ1n) is 11.9. The van der Waals surface area contributed by atoms with Crippen LogP contribution in [0, 0.1) is 0 Å². The number of nitrogens with one attached hydrogen (secondary N) is 2. The Bertz CT molecular complexity index is 1700. The maximum Gasteiger partial charge on any atom is 0.323 e. The Morgan fingerprint density at radius 2 is 1.47 bits per heavy atom. The highest BCUT2D eigenvalue weighted by Gasteiger charge is 2.12. The SMILES string of the molecule is O=C(Nc1ccc(Oc2ccccc2)cc1)Nc1cccc(-c2ccc3nnc(-c4ccccn4)n3n2)c1. The Kier molecular flexibility index (Phi) is 6.13. The lowest BCUT2D eigenvalue weighted by Gasteiger charge is -2.10. The smallest absolute Gasteiger partial charge is 0.323 e.